The van der Waals surface area contributed by atoms with Gasteiger partial charge in [0.05, 0.1) is 18.5 Å². The molecule has 7 nitrogen and oxygen atoms in total. The quantitative estimate of drug-likeness (QED) is 0.239. The summed E-state index contributed by atoms with van der Waals surface area (Å²) < 4.78 is 40.5. The molecule has 0 radical (unpaired) electrons. The van der Waals surface area contributed by atoms with Gasteiger partial charge in [-0.1, -0.05) is 41.9 Å². The molecule has 0 saturated heterocycles. The lowest BCUT2D eigenvalue weighted by Crippen LogP contribution is -2.38. The van der Waals surface area contributed by atoms with Crippen LogP contribution in [0, 0.1) is 20.8 Å². The predicted octanol–water partition coefficient (Wildman–Crippen LogP) is 6.90. The van der Waals surface area contributed by atoms with Crippen molar-refractivity contribution in [3.63, 3.8) is 0 Å². The molecule has 0 aromatic heterocycles. The second-order valence-corrected chi connectivity index (χ2v) is 11.4. The first-order valence-corrected chi connectivity index (χ1v) is 14.0. The van der Waals surface area contributed by atoms with Crippen molar-refractivity contribution >= 4 is 38.9 Å². The smallest absolute Gasteiger partial charge is 0.268 e. The highest BCUT2D eigenvalue weighted by Crippen LogP contribution is 2.34. The van der Waals surface area contributed by atoms with Crippen LogP contribution in [0.1, 0.15) is 16.7 Å². The van der Waals surface area contributed by atoms with Crippen molar-refractivity contribution in [3.8, 4) is 17.2 Å². The maximum absolute atomic E-state index is 14.1. The third-order valence-corrected chi connectivity index (χ3v) is 7.89. The molecule has 0 bridgehead atoms. The van der Waals surface area contributed by atoms with Crippen molar-refractivity contribution in [2.45, 2.75) is 25.7 Å². The topological polar surface area (TPSA) is 84.9 Å². The first-order chi connectivity index (χ1) is 18.6. The minimum absolute atomic E-state index is 0.0344. The molecule has 202 valence electrons. The summed E-state index contributed by atoms with van der Waals surface area (Å²) in [4.78, 5) is 13.4. The van der Waals surface area contributed by atoms with Crippen LogP contribution in [0.25, 0.3) is 0 Å². The number of anilines is 2. The Hall–Kier alpha value is -4.01. The van der Waals surface area contributed by atoms with Crippen molar-refractivity contribution in [2.75, 3.05) is 23.3 Å². The second kappa shape index (κ2) is 11.8. The molecular weight excluding hydrogens is 536 g/mol. The van der Waals surface area contributed by atoms with Gasteiger partial charge in [-0.05, 0) is 92.1 Å². The van der Waals surface area contributed by atoms with Gasteiger partial charge < -0.3 is 14.8 Å². The summed E-state index contributed by atoms with van der Waals surface area (Å²) in [6.07, 6.45) is 0. The molecule has 4 aromatic carbocycles. The molecule has 9 heteroatoms. The van der Waals surface area contributed by atoms with Gasteiger partial charge in [-0.15, -0.1) is 0 Å². The van der Waals surface area contributed by atoms with Crippen LogP contribution in [-0.4, -0.2) is 28.0 Å². The Labute approximate surface area is 234 Å². The molecule has 0 aliphatic heterocycles. The Balaban J connectivity index is 1.72. The fraction of sp³-hybridized carbons (Fsp3) is 0.167. The van der Waals surface area contributed by atoms with Crippen LogP contribution in [-0.2, 0) is 14.8 Å². The number of methoxy groups -OCH3 is 1. The Morgan fingerprint density at radius 2 is 1.51 bits per heavy atom. The summed E-state index contributed by atoms with van der Waals surface area (Å²) in [7, 11) is -2.81. The van der Waals surface area contributed by atoms with Crippen LogP contribution >= 0.6 is 11.6 Å². The van der Waals surface area contributed by atoms with Crippen molar-refractivity contribution < 1.29 is 22.7 Å². The molecule has 0 saturated carbocycles. The van der Waals surface area contributed by atoms with Crippen molar-refractivity contribution in [1.82, 2.24) is 0 Å². The Morgan fingerprint density at radius 1 is 0.846 bits per heavy atom. The number of carbonyl (C=O) groups is 1. The van der Waals surface area contributed by atoms with Gasteiger partial charge in [0.2, 0.25) is 5.91 Å². The number of nitrogens with one attached hydrogen (secondary N) is 1. The highest BCUT2D eigenvalue weighted by atomic mass is 35.5. The second-order valence-electron chi connectivity index (χ2n) is 9.12. The van der Waals surface area contributed by atoms with E-state index < -0.39 is 22.5 Å². The third kappa shape index (κ3) is 6.71. The monoisotopic (exact) mass is 564 g/mol. The highest BCUT2D eigenvalue weighted by molar-refractivity contribution is 7.93. The van der Waals surface area contributed by atoms with E-state index in [9.17, 15) is 13.2 Å². The summed E-state index contributed by atoms with van der Waals surface area (Å²) in [6.45, 7) is 5.03. The maximum atomic E-state index is 14.1. The van der Waals surface area contributed by atoms with Gasteiger partial charge in [-0.3, -0.25) is 9.10 Å². The zero-order valence-electron chi connectivity index (χ0n) is 22.1. The van der Waals surface area contributed by atoms with Gasteiger partial charge in [0, 0.05) is 5.02 Å². The van der Waals surface area contributed by atoms with E-state index in [4.69, 9.17) is 21.1 Å². The minimum atomic E-state index is -4.22. The Kier molecular flexibility index (Phi) is 8.47. The van der Waals surface area contributed by atoms with Crippen LogP contribution < -0.4 is 19.1 Å². The number of carbonyl (C=O) groups excluding carboxylic acids is 1. The number of rotatable bonds is 9. The largest absolute Gasteiger partial charge is 0.495 e. The number of hydrogen-bond donors (Lipinski definition) is 1. The SMILES string of the molecule is COc1ccc(C)cc1S(=O)(=O)N(CC(=O)Nc1cc(Cl)ccc1Oc1ccccc1)c1cc(C)cc(C)c1. The molecule has 0 unspecified atom stereocenters. The minimum Gasteiger partial charge on any atom is -0.495 e. The molecular formula is C30H29ClN2O5S. The molecule has 0 atom stereocenters. The van der Waals surface area contributed by atoms with Gasteiger partial charge in [0.25, 0.3) is 10.0 Å². The normalized spacial score (nSPS) is 11.1. The summed E-state index contributed by atoms with van der Waals surface area (Å²) in [5.74, 6) is 0.537. The number of para-hydroxylation sites is 1. The zero-order chi connectivity index (χ0) is 28.2. The van der Waals surface area contributed by atoms with Crippen LogP contribution in [0.5, 0.6) is 17.2 Å². The van der Waals surface area contributed by atoms with Crippen LogP contribution in [0.4, 0.5) is 11.4 Å². The number of sulfonamides is 1. The molecule has 0 heterocycles. The fourth-order valence-electron chi connectivity index (χ4n) is 4.14. The molecule has 39 heavy (non-hydrogen) atoms. The van der Waals surface area contributed by atoms with E-state index >= 15 is 0 Å². The lowest BCUT2D eigenvalue weighted by molar-refractivity contribution is -0.114. The van der Waals surface area contributed by atoms with Crippen molar-refractivity contribution in [3.05, 3.63) is 107 Å². The van der Waals surface area contributed by atoms with Gasteiger partial charge in [0.1, 0.15) is 22.9 Å². The maximum Gasteiger partial charge on any atom is 0.268 e. The lowest BCUT2D eigenvalue weighted by Gasteiger charge is -2.26. The number of benzene rings is 4. The number of hydrogen-bond acceptors (Lipinski definition) is 5. The van der Waals surface area contributed by atoms with Gasteiger partial charge in [-0.25, -0.2) is 8.42 Å². The summed E-state index contributed by atoms with van der Waals surface area (Å²) in [5.41, 5.74) is 3.12. The van der Waals surface area contributed by atoms with E-state index in [0.717, 1.165) is 21.0 Å². The zero-order valence-corrected chi connectivity index (χ0v) is 23.6. The third-order valence-electron chi connectivity index (χ3n) is 5.86. The van der Waals surface area contributed by atoms with E-state index in [2.05, 4.69) is 5.32 Å². The first-order valence-electron chi connectivity index (χ1n) is 12.1. The predicted molar refractivity (Wildman–Crippen MR) is 155 cm³/mol. The highest BCUT2D eigenvalue weighted by Gasteiger charge is 2.31. The molecule has 0 spiro atoms. The molecule has 4 rings (SSSR count). The summed E-state index contributed by atoms with van der Waals surface area (Å²) in [5, 5.41) is 3.16. The lowest BCUT2D eigenvalue weighted by atomic mass is 10.1. The molecule has 4 aromatic rings. The standard InChI is InChI=1S/C30H29ClN2O5S/c1-20-10-12-28(37-4)29(17-20)39(35,36)33(24-15-21(2)14-22(3)16-24)19-30(34)32-26-18-23(31)11-13-27(26)38-25-8-6-5-7-9-25/h5-18H,19H2,1-4H3,(H,32,34). The van der Waals surface area contributed by atoms with Crippen LogP contribution in [0.2, 0.25) is 5.02 Å². The van der Waals surface area contributed by atoms with Crippen LogP contribution in [0.3, 0.4) is 0 Å². The fourth-order valence-corrected chi connectivity index (χ4v) is 5.96. The average molecular weight is 565 g/mol. The number of halogens is 1. The van der Waals surface area contributed by atoms with Crippen LogP contribution in [0.15, 0.2) is 89.8 Å². The summed E-state index contributed by atoms with van der Waals surface area (Å²) >= 11 is 6.21. The Bertz CT molecular complexity index is 1590. The number of ether oxygens (including phenoxy) is 2. The van der Waals surface area contributed by atoms with E-state index in [0.29, 0.717) is 27.9 Å². The van der Waals surface area contributed by atoms with Gasteiger partial charge in [0.15, 0.2) is 5.75 Å². The molecule has 0 fully saturated rings. The average Bonchev–Trinajstić information content (AvgIpc) is 2.89. The molecule has 0 aliphatic rings. The van der Waals surface area contributed by atoms with E-state index in [1.54, 1.807) is 61.5 Å². The van der Waals surface area contributed by atoms with Gasteiger partial charge in [-0.2, -0.15) is 0 Å². The van der Waals surface area contributed by atoms with E-state index in [-0.39, 0.29) is 10.6 Å². The first kappa shape index (κ1) is 28.0. The number of amides is 1. The molecule has 1 N–H and O–H groups in total. The van der Waals surface area contributed by atoms with E-state index in [1.807, 2.05) is 38.1 Å². The molecule has 0 aliphatic carbocycles. The Morgan fingerprint density at radius 3 is 2.18 bits per heavy atom. The number of aryl methyl sites for hydroxylation is 3. The summed E-state index contributed by atoms with van der Waals surface area (Å²) in [6, 6.07) is 24.2. The number of nitrogens with zero attached hydrogens (tertiary/aromatic N) is 1. The van der Waals surface area contributed by atoms with Gasteiger partial charge >= 0.3 is 0 Å². The van der Waals surface area contributed by atoms with Crippen molar-refractivity contribution in [1.29, 1.82) is 0 Å². The van der Waals surface area contributed by atoms with Crippen molar-refractivity contribution in [2.24, 2.45) is 0 Å². The van der Waals surface area contributed by atoms with E-state index in [1.165, 1.54) is 13.2 Å². The molecule has 1 amide bonds.